The van der Waals surface area contributed by atoms with Crippen molar-refractivity contribution < 1.29 is 72.4 Å². The van der Waals surface area contributed by atoms with Crippen molar-refractivity contribution in [2.75, 3.05) is 0 Å². The van der Waals surface area contributed by atoms with Crippen LogP contribution in [-0.4, -0.2) is 137 Å². The third kappa shape index (κ3) is 24.7. The standard InChI is InChI=1S/C86H172O17S8/c1-17-33-41-49-57-65-74(25-9)104(88,89)82-73-83(87,105(90,91)75(26-10)66-58-50-42-34-18-2)85(108(96,97)78(29-13)69-61-53-45-37-21-5,109(98,99)79(30-14)70-62-54-46-38-22-6)86(110(100,101)80(31-15)71-63-55-47-39-23-7,111(102,103)81(32-16)72-64-56-48-40-24-8)84(82,106(92,93)76(27-11)67-59-51-43-35-19-3)107(94,95)77(28-12)68-60-52-44-36-20-4/h74-82,87H,17-73H2,1-16H3. The van der Waals surface area contributed by atoms with E-state index in [4.69, 9.17) is 0 Å². The number of hydrogen-bond donors (Lipinski definition) is 1. The van der Waals surface area contributed by atoms with Crippen LogP contribution < -0.4 is 0 Å². The minimum atomic E-state index is -7.16. The first-order chi connectivity index (χ1) is 52.5. The first-order valence-corrected chi connectivity index (χ1v) is 58.5. The van der Waals surface area contributed by atoms with Gasteiger partial charge in [-0.15, -0.1) is 0 Å². The Bertz CT molecular complexity index is 3310. The Hall–Kier alpha value is -0.440. The zero-order chi connectivity index (χ0) is 84.5. The maximum atomic E-state index is 19.8. The van der Waals surface area contributed by atoms with Gasteiger partial charge in [0, 0.05) is 6.42 Å². The smallest absolute Gasteiger partial charge is 0.252 e. The molecule has 10 atom stereocenters. The number of rotatable bonds is 72. The van der Waals surface area contributed by atoms with E-state index in [1.54, 1.807) is 0 Å². The second kappa shape index (κ2) is 53.4. The van der Waals surface area contributed by atoms with Crippen molar-refractivity contribution in [2.24, 2.45) is 0 Å². The van der Waals surface area contributed by atoms with Crippen molar-refractivity contribution in [3.63, 3.8) is 0 Å². The molecule has 0 aliphatic heterocycles. The SMILES string of the molecule is CCCCCCCC(CC)S(=O)(=O)C1CC(O)(S(=O)(=O)C(CC)CCCCCCC)C(S(=O)(=O)C(CC)CCCCCCC)(S(=O)(=O)C(CC)CCCCCCC)C(S(=O)(=O)C(CC)CCCCCCC)(S(=O)(=O)C(CC)CCCCCCC)C1(S(=O)(=O)C(CC)CCCCCCC)S(=O)(=O)C(CC)CCCCCCC. The van der Waals surface area contributed by atoms with E-state index in [0.29, 0.717) is 135 Å². The monoisotopic (exact) mass is 1730 g/mol. The van der Waals surface area contributed by atoms with Gasteiger partial charge in [-0.25, -0.2) is 67.3 Å². The summed E-state index contributed by atoms with van der Waals surface area (Å²) in [5.41, 5.74) is 0. The third-order valence-electron chi connectivity index (χ3n) is 25.8. The van der Waals surface area contributed by atoms with Gasteiger partial charge in [0.25, 0.3) is 4.08 Å². The molecule has 0 spiro atoms. The van der Waals surface area contributed by atoms with Crippen LogP contribution in [0.5, 0.6) is 0 Å². The van der Waals surface area contributed by atoms with Crippen LogP contribution in [-0.2, 0) is 78.7 Å². The molecule has 111 heavy (non-hydrogen) atoms. The van der Waals surface area contributed by atoms with Crippen LogP contribution in [0.25, 0.3) is 0 Å². The van der Waals surface area contributed by atoms with Gasteiger partial charge in [-0.05, 0) is 103 Å². The molecule has 25 heteroatoms. The quantitative estimate of drug-likeness (QED) is 0.0553. The zero-order valence-corrected chi connectivity index (χ0v) is 80.3. The number of aliphatic hydroxyl groups is 1. The van der Waals surface area contributed by atoms with Crippen LogP contribution in [0, 0.1) is 0 Å². The third-order valence-corrected chi connectivity index (χ3v) is 54.6. The van der Waals surface area contributed by atoms with Crippen LogP contribution >= 0.6 is 0 Å². The largest absolute Gasteiger partial charge is 0.372 e. The predicted molar refractivity (Wildman–Crippen MR) is 473 cm³/mol. The first kappa shape index (κ1) is 109. The van der Waals surface area contributed by atoms with Crippen molar-refractivity contribution in [1.29, 1.82) is 0 Å². The molecule has 0 heterocycles. The Morgan fingerprint density at radius 1 is 0.216 bits per heavy atom. The highest BCUT2D eigenvalue weighted by Gasteiger charge is 3.02. The van der Waals surface area contributed by atoms with E-state index >= 15 is 72.4 Å². The van der Waals surface area contributed by atoms with Gasteiger partial charge in [0.1, 0.15) is 5.25 Å². The topological polar surface area (TPSA) is 293 Å². The van der Waals surface area contributed by atoms with E-state index < -0.39 is 246 Å². The van der Waals surface area contributed by atoms with Crippen LogP contribution in [0.1, 0.15) is 477 Å². The molecule has 10 unspecified atom stereocenters. The average molecular weight is 1730 g/mol. The Morgan fingerprint density at radius 3 is 0.568 bits per heavy atom. The molecule has 1 fully saturated rings. The second-order valence-corrected chi connectivity index (χ2v) is 53.5. The van der Waals surface area contributed by atoms with Crippen LogP contribution in [0.3, 0.4) is 0 Å². The minimum Gasteiger partial charge on any atom is -0.372 e. The first-order valence-electron chi connectivity index (χ1n) is 46.1. The number of unbranched alkanes of at least 4 members (excludes halogenated alkanes) is 32. The van der Waals surface area contributed by atoms with E-state index in [0.717, 1.165) is 44.9 Å². The lowest BCUT2D eigenvalue weighted by atomic mass is 9.92. The summed E-state index contributed by atoms with van der Waals surface area (Å²) >= 11 is 0. The lowest BCUT2D eigenvalue weighted by molar-refractivity contribution is 0.0608. The summed E-state index contributed by atoms with van der Waals surface area (Å²) in [6.07, 6.45) is 6.25. The summed E-state index contributed by atoms with van der Waals surface area (Å²) in [5.74, 6) is 0. The van der Waals surface area contributed by atoms with Crippen molar-refractivity contribution in [1.82, 2.24) is 0 Å². The van der Waals surface area contributed by atoms with Gasteiger partial charge in [0.05, 0.1) is 42.0 Å². The van der Waals surface area contributed by atoms with Gasteiger partial charge in [-0.1, -0.05) is 368 Å². The molecule has 1 N–H and O–H groups in total. The fourth-order valence-corrected chi connectivity index (χ4v) is 54.1. The van der Waals surface area contributed by atoms with Crippen molar-refractivity contribution in [2.45, 2.75) is 541 Å². The van der Waals surface area contributed by atoms with Crippen molar-refractivity contribution in [3.05, 3.63) is 0 Å². The molecule has 17 nitrogen and oxygen atoms in total. The normalized spacial score (nSPS) is 22.3. The van der Waals surface area contributed by atoms with E-state index in [1.165, 1.54) is 55.4 Å². The molecule has 0 aromatic rings. The van der Waals surface area contributed by atoms with Gasteiger partial charge in [0.15, 0.2) is 78.7 Å². The lowest BCUT2D eigenvalue weighted by Gasteiger charge is -2.66. The summed E-state index contributed by atoms with van der Waals surface area (Å²) in [6, 6.07) is 0. The molecule has 0 aromatic carbocycles. The molecule has 666 valence electrons. The molecule has 0 radical (unpaired) electrons. The zero-order valence-electron chi connectivity index (χ0n) is 73.7. The molecule has 0 saturated heterocycles. The summed E-state index contributed by atoms with van der Waals surface area (Å²) in [7, 11) is -54.6. The maximum absolute atomic E-state index is 19.8. The van der Waals surface area contributed by atoms with Gasteiger partial charge >= 0.3 is 0 Å². The second-order valence-electron chi connectivity index (χ2n) is 33.6. The highest BCUT2D eigenvalue weighted by atomic mass is 32.3. The molecule has 1 aliphatic carbocycles. The Morgan fingerprint density at radius 2 is 0.378 bits per heavy atom. The van der Waals surface area contributed by atoms with Gasteiger partial charge < -0.3 is 5.11 Å². The van der Waals surface area contributed by atoms with E-state index in [9.17, 15) is 0 Å². The summed E-state index contributed by atoms with van der Waals surface area (Å²) in [4.78, 5) is -5.00. The highest BCUT2D eigenvalue weighted by molar-refractivity contribution is 8.22. The molecule has 0 amide bonds. The molecule has 0 bridgehead atoms. The van der Waals surface area contributed by atoms with Crippen LogP contribution in [0.2, 0.25) is 0 Å². The predicted octanol–water partition coefficient (Wildman–Crippen LogP) is 23.0. The summed E-state index contributed by atoms with van der Waals surface area (Å²) in [5, 5.41) is -5.29. The minimum absolute atomic E-state index is 0.0190. The van der Waals surface area contributed by atoms with Gasteiger partial charge in [0.2, 0.25) is 13.1 Å². The Kier molecular flexibility index (Phi) is 52.2. The van der Waals surface area contributed by atoms with E-state index in [2.05, 4.69) is 0 Å². The van der Waals surface area contributed by atoms with Crippen LogP contribution in [0.15, 0.2) is 0 Å². The molecular weight excluding hydrogens is 1560 g/mol. The molecule has 1 aliphatic rings. The maximum Gasteiger partial charge on any atom is 0.252 e. The number of hydrogen-bond acceptors (Lipinski definition) is 17. The van der Waals surface area contributed by atoms with Gasteiger partial charge in [-0.2, -0.15) is 0 Å². The highest BCUT2D eigenvalue weighted by Crippen LogP contribution is 2.73. The molecule has 1 rings (SSSR count). The fourth-order valence-electron chi connectivity index (χ4n) is 19.1. The van der Waals surface area contributed by atoms with Crippen molar-refractivity contribution in [3.8, 4) is 0 Å². The fraction of sp³-hybridized carbons (Fsp3) is 1.00. The Balaban J connectivity index is 7.14. The van der Waals surface area contributed by atoms with Crippen molar-refractivity contribution >= 4 is 78.7 Å². The van der Waals surface area contributed by atoms with Gasteiger partial charge in [-0.3, -0.25) is 0 Å². The number of sulfone groups is 8. The van der Waals surface area contributed by atoms with E-state index in [-0.39, 0.29) is 83.5 Å². The lowest BCUT2D eigenvalue weighted by Crippen LogP contribution is -2.96. The Labute approximate surface area is 687 Å². The van der Waals surface area contributed by atoms with Crippen LogP contribution in [0.4, 0.5) is 0 Å². The average Bonchev–Trinajstić information content (AvgIpc) is 0.602. The molecule has 1 saturated carbocycles. The molecule has 0 aromatic heterocycles. The van der Waals surface area contributed by atoms with E-state index in [1.807, 2.05) is 55.4 Å². The molecular formula is C86H172O17S8. The summed E-state index contributed by atoms with van der Waals surface area (Å²) in [6.45, 7) is 27.0. The summed E-state index contributed by atoms with van der Waals surface area (Å²) < 4.78 is 291.